The lowest BCUT2D eigenvalue weighted by molar-refractivity contribution is 0.491. The van der Waals surface area contributed by atoms with Crippen molar-refractivity contribution in [2.24, 2.45) is 11.8 Å². The third kappa shape index (κ3) is 4.58. The summed E-state index contributed by atoms with van der Waals surface area (Å²) < 4.78 is 0. The Balaban J connectivity index is 1.50. The predicted molar refractivity (Wildman–Crippen MR) is 227 cm³/mol. The number of benzene rings is 4. The van der Waals surface area contributed by atoms with E-state index in [1.165, 1.54) is 81.0 Å². The van der Waals surface area contributed by atoms with Crippen LogP contribution in [0.1, 0.15) is 163 Å². The largest absolute Gasteiger partial charge is 0.0657 e. The van der Waals surface area contributed by atoms with Crippen LogP contribution < -0.4 is 0 Å². The highest BCUT2D eigenvalue weighted by atomic mass is 14.6. The van der Waals surface area contributed by atoms with E-state index in [1.807, 2.05) is 0 Å². The van der Waals surface area contributed by atoms with E-state index in [-0.39, 0.29) is 16.2 Å². The fraction of sp³-hybridized carbons (Fsp3) is 0.462. The lowest BCUT2D eigenvalue weighted by Crippen LogP contribution is -2.30. The third-order valence-electron chi connectivity index (χ3n) is 14.4. The molecule has 0 N–H and O–H groups in total. The molecule has 0 bridgehead atoms. The van der Waals surface area contributed by atoms with Crippen molar-refractivity contribution in [3.63, 3.8) is 0 Å². The molecule has 0 heteroatoms. The maximum absolute atomic E-state index is 2.80. The van der Waals surface area contributed by atoms with Crippen LogP contribution in [0.4, 0.5) is 0 Å². The SMILES string of the molecule is CCC(CC)C1=CC2(CC(C(CC)CC)=C1)c1ccc3c(c1-c1cc(C)c4c(C)cc(C)cc4c12)C(C)(C)C1=C3C(C)(C)c2ccc(C(C)C)cc21. The van der Waals surface area contributed by atoms with Crippen LogP contribution in [0.3, 0.4) is 0 Å². The molecular weight excluding hydrogens is 625 g/mol. The van der Waals surface area contributed by atoms with Crippen molar-refractivity contribution >= 4 is 21.9 Å². The molecule has 1 spiro atoms. The molecule has 0 radical (unpaired) electrons. The maximum Gasteiger partial charge on any atom is 0.0443 e. The summed E-state index contributed by atoms with van der Waals surface area (Å²) in [6, 6.07) is 20.1. The monoisotopic (exact) mass is 686 g/mol. The topological polar surface area (TPSA) is 0 Å². The summed E-state index contributed by atoms with van der Waals surface area (Å²) in [5.41, 5.74) is 23.8. The summed E-state index contributed by atoms with van der Waals surface area (Å²) in [6.07, 6.45) is 11.3. The molecule has 52 heavy (non-hydrogen) atoms. The Labute approximate surface area is 315 Å². The summed E-state index contributed by atoms with van der Waals surface area (Å²) in [6.45, 7) is 31.4. The van der Waals surface area contributed by atoms with Gasteiger partial charge in [-0.25, -0.2) is 0 Å². The number of allylic oxidation sites excluding steroid dienone is 6. The second-order valence-electron chi connectivity index (χ2n) is 18.5. The van der Waals surface area contributed by atoms with E-state index in [4.69, 9.17) is 0 Å². The van der Waals surface area contributed by atoms with Gasteiger partial charge in [-0.15, -0.1) is 0 Å². The highest BCUT2D eigenvalue weighted by molar-refractivity contribution is 6.13. The molecular formula is C52H62. The highest BCUT2D eigenvalue weighted by Gasteiger charge is 2.54. The number of hydrogen-bond acceptors (Lipinski definition) is 0. The Morgan fingerprint density at radius 1 is 0.635 bits per heavy atom. The molecule has 8 rings (SSSR count). The maximum atomic E-state index is 2.80. The quantitative estimate of drug-likeness (QED) is 0.182. The first-order valence-electron chi connectivity index (χ1n) is 20.7. The highest BCUT2D eigenvalue weighted by Crippen LogP contribution is 2.68. The van der Waals surface area contributed by atoms with Crippen LogP contribution in [0.2, 0.25) is 0 Å². The number of hydrogen-bond donors (Lipinski definition) is 0. The van der Waals surface area contributed by atoms with Crippen LogP contribution in [0.25, 0.3) is 33.0 Å². The van der Waals surface area contributed by atoms with Crippen molar-refractivity contribution < 1.29 is 0 Å². The molecule has 4 aromatic rings. The minimum atomic E-state index is -0.197. The Morgan fingerprint density at radius 2 is 1.27 bits per heavy atom. The van der Waals surface area contributed by atoms with E-state index in [1.54, 1.807) is 44.5 Å². The summed E-state index contributed by atoms with van der Waals surface area (Å²) in [7, 11) is 0. The zero-order chi connectivity index (χ0) is 37.2. The summed E-state index contributed by atoms with van der Waals surface area (Å²) in [5, 5.41) is 2.94. The number of rotatable bonds is 7. The standard InChI is InChI=1S/C52H62/c1-14-33(15-2)36-25-37(34(16-3)17-4)28-52(27-36)43-21-19-38-47(45(43)41-24-32(9)44-31(8)22-30(7)23-40(44)46(41)52)51(12,13)49-39-26-35(29(5)6)18-20-42(39)50(10,11)48(38)49/h18-27,29,33-34H,14-17,28H2,1-13H3. The minimum absolute atomic E-state index is 0.0532. The number of fused-ring (bicyclic) bond motifs is 12. The van der Waals surface area contributed by atoms with Crippen LogP contribution >= 0.6 is 0 Å². The number of aryl methyl sites for hydroxylation is 3. The van der Waals surface area contributed by atoms with Crippen molar-refractivity contribution in [1.82, 2.24) is 0 Å². The van der Waals surface area contributed by atoms with Crippen LogP contribution in [-0.2, 0) is 16.2 Å². The molecule has 1 unspecified atom stereocenters. The summed E-state index contributed by atoms with van der Waals surface area (Å²) in [4.78, 5) is 0. The van der Waals surface area contributed by atoms with Gasteiger partial charge in [-0.05, 0) is 159 Å². The Kier molecular flexibility index (Phi) is 8.12. The predicted octanol–water partition coefficient (Wildman–Crippen LogP) is 14.8. The minimum Gasteiger partial charge on any atom is -0.0657 e. The molecule has 0 saturated carbocycles. The first kappa shape index (κ1) is 35.4. The van der Waals surface area contributed by atoms with Crippen LogP contribution in [-0.4, -0.2) is 0 Å². The fourth-order valence-electron chi connectivity index (χ4n) is 12.0. The second-order valence-corrected chi connectivity index (χ2v) is 18.5. The molecule has 1 atom stereocenters. The summed E-state index contributed by atoms with van der Waals surface area (Å²) >= 11 is 0. The van der Waals surface area contributed by atoms with Gasteiger partial charge in [0.05, 0.1) is 0 Å². The van der Waals surface area contributed by atoms with Crippen molar-refractivity contribution in [1.29, 1.82) is 0 Å². The molecule has 4 aliphatic rings. The Hall–Kier alpha value is -3.64. The lowest BCUT2D eigenvalue weighted by atomic mass is 9.64. The molecule has 0 fully saturated rings. The molecule has 0 nitrogen and oxygen atoms in total. The van der Waals surface area contributed by atoms with Crippen molar-refractivity contribution in [3.8, 4) is 11.1 Å². The molecule has 0 saturated heterocycles. The molecule has 4 aromatic carbocycles. The molecule has 270 valence electrons. The van der Waals surface area contributed by atoms with Gasteiger partial charge in [0.2, 0.25) is 0 Å². The van der Waals surface area contributed by atoms with Crippen molar-refractivity contribution in [2.75, 3.05) is 0 Å². The van der Waals surface area contributed by atoms with Gasteiger partial charge in [0, 0.05) is 16.2 Å². The van der Waals surface area contributed by atoms with Gasteiger partial charge >= 0.3 is 0 Å². The average molecular weight is 687 g/mol. The van der Waals surface area contributed by atoms with E-state index in [9.17, 15) is 0 Å². The van der Waals surface area contributed by atoms with Crippen LogP contribution in [0, 0.1) is 32.6 Å². The molecule has 0 heterocycles. The first-order chi connectivity index (χ1) is 24.7. The van der Waals surface area contributed by atoms with Gasteiger partial charge < -0.3 is 0 Å². The molecule has 0 amide bonds. The normalized spacial score (nSPS) is 20.5. The molecule has 0 aromatic heterocycles. The van der Waals surface area contributed by atoms with Crippen LogP contribution in [0.5, 0.6) is 0 Å². The second kappa shape index (κ2) is 11.9. The average Bonchev–Trinajstić information content (AvgIpc) is 3.60. The summed E-state index contributed by atoms with van der Waals surface area (Å²) in [5.74, 6) is 1.67. The smallest absolute Gasteiger partial charge is 0.0443 e. The fourth-order valence-corrected chi connectivity index (χ4v) is 12.0. The first-order valence-corrected chi connectivity index (χ1v) is 20.7. The van der Waals surface area contributed by atoms with Crippen LogP contribution in [0.15, 0.2) is 71.8 Å². The zero-order valence-corrected chi connectivity index (χ0v) is 34.5. The molecule has 4 aliphatic carbocycles. The van der Waals surface area contributed by atoms with E-state index in [0.29, 0.717) is 17.8 Å². The van der Waals surface area contributed by atoms with E-state index >= 15 is 0 Å². The van der Waals surface area contributed by atoms with E-state index < -0.39 is 0 Å². The van der Waals surface area contributed by atoms with Gasteiger partial charge in [-0.2, -0.15) is 0 Å². The van der Waals surface area contributed by atoms with Crippen molar-refractivity contribution in [2.45, 2.75) is 144 Å². The zero-order valence-electron chi connectivity index (χ0n) is 34.5. The van der Waals surface area contributed by atoms with Crippen molar-refractivity contribution in [3.05, 3.63) is 127 Å². The lowest BCUT2D eigenvalue weighted by Gasteiger charge is -2.39. The third-order valence-corrected chi connectivity index (χ3v) is 14.4. The van der Waals surface area contributed by atoms with Gasteiger partial charge in [-0.3, -0.25) is 0 Å². The van der Waals surface area contributed by atoms with Gasteiger partial charge in [0.15, 0.2) is 0 Å². The van der Waals surface area contributed by atoms with E-state index in [2.05, 4.69) is 151 Å². The Bertz CT molecular complexity index is 2270. The van der Waals surface area contributed by atoms with Gasteiger partial charge in [-0.1, -0.05) is 141 Å². The van der Waals surface area contributed by atoms with Gasteiger partial charge in [0.25, 0.3) is 0 Å². The van der Waals surface area contributed by atoms with Gasteiger partial charge in [0.1, 0.15) is 0 Å². The Morgan fingerprint density at radius 3 is 1.92 bits per heavy atom. The van der Waals surface area contributed by atoms with E-state index in [0.717, 1.165) is 6.42 Å². The molecule has 0 aliphatic heterocycles.